The predicted molar refractivity (Wildman–Crippen MR) is 68.1 cm³/mol. The van der Waals surface area contributed by atoms with Gasteiger partial charge in [-0.15, -0.1) is 0 Å². The van der Waals surface area contributed by atoms with Crippen molar-refractivity contribution in [2.75, 3.05) is 25.1 Å². The lowest BCUT2D eigenvalue weighted by Crippen LogP contribution is -2.39. The molecule has 1 aliphatic rings. The highest BCUT2D eigenvalue weighted by Gasteiger charge is 2.26. The van der Waals surface area contributed by atoms with Crippen molar-refractivity contribution in [3.8, 4) is 0 Å². The Morgan fingerprint density at radius 2 is 2.18 bits per heavy atom. The van der Waals surface area contributed by atoms with E-state index in [0.29, 0.717) is 0 Å². The fourth-order valence-electron chi connectivity index (χ4n) is 2.47. The monoisotopic (exact) mass is 233 g/mol. The number of methoxy groups -OCH3 is 1. The van der Waals surface area contributed by atoms with Crippen LogP contribution >= 0.6 is 0 Å². The molecule has 1 heterocycles. The van der Waals surface area contributed by atoms with Gasteiger partial charge in [0.15, 0.2) is 0 Å². The second-order valence-electron chi connectivity index (χ2n) is 4.59. The van der Waals surface area contributed by atoms with Crippen molar-refractivity contribution >= 4 is 11.7 Å². The lowest BCUT2D eigenvalue weighted by Gasteiger charge is -2.34. The zero-order chi connectivity index (χ0) is 12.3. The number of aryl methyl sites for hydroxylation is 1. The van der Waals surface area contributed by atoms with Gasteiger partial charge in [0, 0.05) is 18.8 Å². The second kappa shape index (κ2) is 5.21. The number of carbonyl (C=O) groups is 1. The van der Waals surface area contributed by atoms with Gasteiger partial charge < -0.3 is 9.64 Å². The van der Waals surface area contributed by atoms with Crippen molar-refractivity contribution in [3.63, 3.8) is 0 Å². The van der Waals surface area contributed by atoms with Crippen LogP contribution < -0.4 is 4.90 Å². The van der Waals surface area contributed by atoms with Crippen LogP contribution in [0.15, 0.2) is 24.3 Å². The van der Waals surface area contributed by atoms with Crippen LogP contribution in [0.2, 0.25) is 0 Å². The molecule has 0 bridgehead atoms. The molecule has 0 aliphatic carbocycles. The first-order valence-corrected chi connectivity index (χ1v) is 6.11. The maximum absolute atomic E-state index is 11.6. The molecule has 1 atom stereocenters. The fraction of sp³-hybridized carbons (Fsp3) is 0.500. The number of hydrogen-bond acceptors (Lipinski definition) is 3. The smallest absolute Gasteiger partial charge is 0.310 e. The lowest BCUT2D eigenvalue weighted by molar-refractivity contribution is -0.145. The van der Waals surface area contributed by atoms with Gasteiger partial charge in [-0.25, -0.2) is 0 Å². The normalized spacial score (nSPS) is 20.1. The molecule has 0 radical (unpaired) electrons. The summed E-state index contributed by atoms with van der Waals surface area (Å²) in [6.07, 6.45) is 1.99. The van der Waals surface area contributed by atoms with E-state index in [4.69, 9.17) is 4.74 Å². The average Bonchev–Trinajstić information content (AvgIpc) is 2.38. The maximum Gasteiger partial charge on any atom is 0.310 e. The van der Waals surface area contributed by atoms with Crippen molar-refractivity contribution < 1.29 is 9.53 Å². The summed E-state index contributed by atoms with van der Waals surface area (Å²) in [6.45, 7) is 3.91. The zero-order valence-corrected chi connectivity index (χ0v) is 10.5. The molecule has 1 aromatic rings. The van der Waals surface area contributed by atoms with E-state index in [1.165, 1.54) is 18.4 Å². The minimum atomic E-state index is -0.0803. The van der Waals surface area contributed by atoms with Crippen molar-refractivity contribution in [2.24, 2.45) is 5.92 Å². The molecule has 0 amide bonds. The first kappa shape index (κ1) is 12.0. The number of piperidine rings is 1. The molecule has 17 heavy (non-hydrogen) atoms. The van der Waals surface area contributed by atoms with Gasteiger partial charge in [-0.3, -0.25) is 4.79 Å². The molecule has 1 aromatic carbocycles. The highest BCUT2D eigenvalue weighted by Crippen LogP contribution is 2.26. The van der Waals surface area contributed by atoms with Gasteiger partial charge in [0.2, 0.25) is 0 Å². The summed E-state index contributed by atoms with van der Waals surface area (Å²) >= 11 is 0. The Balaban J connectivity index is 2.12. The lowest BCUT2D eigenvalue weighted by atomic mass is 9.97. The SMILES string of the molecule is COC(=O)C1CCCN(c2ccccc2C)C1. The van der Waals surface area contributed by atoms with Crippen LogP contribution in [0.3, 0.4) is 0 Å². The summed E-state index contributed by atoms with van der Waals surface area (Å²) in [5.41, 5.74) is 2.50. The Labute approximate surface area is 102 Å². The van der Waals surface area contributed by atoms with Crippen LogP contribution in [-0.2, 0) is 9.53 Å². The largest absolute Gasteiger partial charge is 0.469 e. The van der Waals surface area contributed by atoms with Gasteiger partial charge in [-0.05, 0) is 31.4 Å². The number of esters is 1. The van der Waals surface area contributed by atoms with Gasteiger partial charge >= 0.3 is 5.97 Å². The van der Waals surface area contributed by atoms with Crippen LogP contribution in [0.25, 0.3) is 0 Å². The maximum atomic E-state index is 11.6. The van der Waals surface area contributed by atoms with E-state index in [-0.39, 0.29) is 11.9 Å². The van der Waals surface area contributed by atoms with Crippen molar-refractivity contribution in [1.82, 2.24) is 0 Å². The first-order valence-electron chi connectivity index (χ1n) is 6.11. The quantitative estimate of drug-likeness (QED) is 0.734. The summed E-state index contributed by atoms with van der Waals surface area (Å²) in [5, 5.41) is 0. The predicted octanol–water partition coefficient (Wildman–Crippen LogP) is 2.38. The highest BCUT2D eigenvalue weighted by molar-refractivity contribution is 5.73. The van der Waals surface area contributed by atoms with Crippen molar-refractivity contribution in [3.05, 3.63) is 29.8 Å². The van der Waals surface area contributed by atoms with Crippen LogP contribution in [0.5, 0.6) is 0 Å². The molecular formula is C14H19NO2. The van der Waals surface area contributed by atoms with Crippen LogP contribution in [0.1, 0.15) is 18.4 Å². The van der Waals surface area contributed by atoms with E-state index < -0.39 is 0 Å². The van der Waals surface area contributed by atoms with E-state index in [2.05, 4.69) is 24.0 Å². The fourth-order valence-corrected chi connectivity index (χ4v) is 2.47. The summed E-state index contributed by atoms with van der Waals surface area (Å²) in [6, 6.07) is 8.32. The Hall–Kier alpha value is -1.51. The first-order chi connectivity index (χ1) is 8.22. The molecule has 0 aromatic heterocycles. The zero-order valence-electron chi connectivity index (χ0n) is 10.5. The summed E-state index contributed by atoms with van der Waals surface area (Å²) in [5.74, 6) is -0.0587. The number of nitrogens with zero attached hydrogens (tertiary/aromatic N) is 1. The van der Waals surface area contributed by atoms with Gasteiger partial charge in [0.25, 0.3) is 0 Å². The van der Waals surface area contributed by atoms with Gasteiger partial charge in [0.1, 0.15) is 0 Å². The van der Waals surface area contributed by atoms with Gasteiger partial charge in [-0.2, -0.15) is 0 Å². The molecule has 2 rings (SSSR count). The number of para-hydroxylation sites is 1. The molecule has 3 heteroatoms. The van der Waals surface area contributed by atoms with Crippen molar-refractivity contribution in [1.29, 1.82) is 0 Å². The Kier molecular flexibility index (Phi) is 3.67. The van der Waals surface area contributed by atoms with Crippen LogP contribution in [0.4, 0.5) is 5.69 Å². The summed E-state index contributed by atoms with van der Waals surface area (Å²) in [4.78, 5) is 13.9. The number of hydrogen-bond donors (Lipinski definition) is 0. The van der Waals surface area contributed by atoms with E-state index in [1.54, 1.807) is 0 Å². The average molecular weight is 233 g/mol. The Morgan fingerprint density at radius 1 is 1.41 bits per heavy atom. The molecular weight excluding hydrogens is 214 g/mol. The molecule has 1 unspecified atom stereocenters. The number of carbonyl (C=O) groups excluding carboxylic acids is 1. The summed E-state index contributed by atoms with van der Waals surface area (Å²) in [7, 11) is 1.47. The third kappa shape index (κ3) is 2.60. The van der Waals surface area contributed by atoms with E-state index in [0.717, 1.165) is 25.9 Å². The third-order valence-corrected chi connectivity index (χ3v) is 3.41. The van der Waals surface area contributed by atoms with E-state index in [1.807, 2.05) is 12.1 Å². The number of ether oxygens (including phenoxy) is 1. The van der Waals surface area contributed by atoms with Crippen LogP contribution in [-0.4, -0.2) is 26.2 Å². The molecule has 0 spiro atoms. The van der Waals surface area contributed by atoms with Crippen LogP contribution in [0, 0.1) is 12.8 Å². The standard InChI is InChI=1S/C14H19NO2/c1-11-6-3-4-8-13(11)15-9-5-7-12(10-15)14(16)17-2/h3-4,6,8,12H,5,7,9-10H2,1-2H3. The Bertz CT molecular complexity index is 403. The number of benzene rings is 1. The highest BCUT2D eigenvalue weighted by atomic mass is 16.5. The number of anilines is 1. The molecule has 1 fully saturated rings. The van der Waals surface area contributed by atoms with E-state index in [9.17, 15) is 4.79 Å². The topological polar surface area (TPSA) is 29.5 Å². The molecule has 3 nitrogen and oxygen atoms in total. The summed E-state index contributed by atoms with van der Waals surface area (Å²) < 4.78 is 4.84. The Morgan fingerprint density at radius 3 is 2.88 bits per heavy atom. The van der Waals surface area contributed by atoms with Crippen molar-refractivity contribution in [2.45, 2.75) is 19.8 Å². The van der Waals surface area contributed by atoms with E-state index >= 15 is 0 Å². The van der Waals surface area contributed by atoms with Gasteiger partial charge in [-0.1, -0.05) is 18.2 Å². The van der Waals surface area contributed by atoms with Gasteiger partial charge in [0.05, 0.1) is 13.0 Å². The molecule has 0 N–H and O–H groups in total. The molecule has 0 saturated carbocycles. The molecule has 1 saturated heterocycles. The second-order valence-corrected chi connectivity index (χ2v) is 4.59. The third-order valence-electron chi connectivity index (χ3n) is 3.41. The minimum absolute atomic E-state index is 0.0216. The molecule has 92 valence electrons. The minimum Gasteiger partial charge on any atom is -0.469 e. The number of rotatable bonds is 2. The molecule has 1 aliphatic heterocycles.